The summed E-state index contributed by atoms with van der Waals surface area (Å²) in [5.41, 5.74) is 1.13. The average molecular weight is 493 g/mol. The van der Waals surface area contributed by atoms with Gasteiger partial charge in [-0.3, -0.25) is 9.59 Å². The first-order chi connectivity index (χ1) is 17.5. The van der Waals surface area contributed by atoms with Gasteiger partial charge in [0.05, 0.1) is 25.2 Å². The molecule has 1 aliphatic heterocycles. The van der Waals surface area contributed by atoms with Crippen LogP contribution >= 0.6 is 0 Å². The topological polar surface area (TPSA) is 96.9 Å². The van der Waals surface area contributed by atoms with E-state index < -0.39 is 23.9 Å². The molecule has 2 amide bonds. The van der Waals surface area contributed by atoms with Gasteiger partial charge in [-0.25, -0.2) is 4.39 Å². The van der Waals surface area contributed by atoms with Crippen molar-refractivity contribution >= 4 is 11.8 Å². The summed E-state index contributed by atoms with van der Waals surface area (Å²) in [5.74, 6) is 0.370. The Morgan fingerprint density at radius 2 is 1.72 bits per heavy atom. The maximum absolute atomic E-state index is 13.4. The number of carbonyl (C=O) groups is 2. The Labute approximate surface area is 209 Å². The van der Waals surface area contributed by atoms with Gasteiger partial charge < -0.3 is 25.2 Å². The van der Waals surface area contributed by atoms with Gasteiger partial charge >= 0.3 is 0 Å². The first-order valence-corrected chi connectivity index (χ1v) is 11.9. The Bertz CT molecular complexity index is 1160. The van der Waals surface area contributed by atoms with Crippen molar-refractivity contribution in [3.8, 4) is 11.5 Å². The van der Waals surface area contributed by atoms with Crippen LogP contribution in [0.15, 0.2) is 78.9 Å². The summed E-state index contributed by atoms with van der Waals surface area (Å²) < 4.78 is 25.1. The molecule has 7 nitrogen and oxygen atoms in total. The fraction of sp³-hybridized carbons (Fsp3) is 0.286. The van der Waals surface area contributed by atoms with Gasteiger partial charge in [-0.1, -0.05) is 36.4 Å². The fourth-order valence-electron chi connectivity index (χ4n) is 4.11. The molecular weight excluding hydrogens is 463 g/mol. The highest BCUT2D eigenvalue weighted by Crippen LogP contribution is 2.23. The van der Waals surface area contributed by atoms with Gasteiger partial charge in [-0.15, -0.1) is 0 Å². The first kappa shape index (κ1) is 25.3. The van der Waals surface area contributed by atoms with Crippen LogP contribution in [0.4, 0.5) is 4.39 Å². The summed E-state index contributed by atoms with van der Waals surface area (Å²) in [7, 11) is 0. The van der Waals surface area contributed by atoms with Gasteiger partial charge in [0.25, 0.3) is 5.91 Å². The number of aliphatic hydroxyl groups is 1. The van der Waals surface area contributed by atoms with E-state index in [4.69, 9.17) is 9.47 Å². The molecule has 1 heterocycles. The van der Waals surface area contributed by atoms with Crippen molar-refractivity contribution in [2.75, 3.05) is 6.61 Å². The number of ether oxygens (including phenoxy) is 2. The molecule has 0 radical (unpaired) electrons. The van der Waals surface area contributed by atoms with Crippen molar-refractivity contribution in [1.82, 2.24) is 10.6 Å². The van der Waals surface area contributed by atoms with Crippen molar-refractivity contribution in [3.63, 3.8) is 0 Å². The highest BCUT2D eigenvalue weighted by molar-refractivity contribution is 5.94. The van der Waals surface area contributed by atoms with Gasteiger partial charge in [0.15, 0.2) is 0 Å². The number of carbonyl (C=O) groups excluding carboxylic acids is 2. The van der Waals surface area contributed by atoms with Gasteiger partial charge in [-0.2, -0.15) is 0 Å². The number of nitrogens with one attached hydrogen (secondary N) is 2. The van der Waals surface area contributed by atoms with Gasteiger partial charge in [0.2, 0.25) is 5.91 Å². The smallest absolute Gasteiger partial charge is 0.251 e. The highest BCUT2D eigenvalue weighted by atomic mass is 19.1. The number of para-hydroxylation sites is 1. The molecule has 0 aliphatic carbocycles. The molecule has 0 saturated carbocycles. The second-order valence-electron chi connectivity index (χ2n) is 8.69. The van der Waals surface area contributed by atoms with Crippen molar-refractivity contribution in [2.24, 2.45) is 0 Å². The predicted molar refractivity (Wildman–Crippen MR) is 132 cm³/mol. The van der Waals surface area contributed by atoms with Gasteiger partial charge in [-0.05, 0) is 60.9 Å². The van der Waals surface area contributed by atoms with E-state index in [0.717, 1.165) is 17.4 Å². The number of rotatable bonds is 9. The molecule has 3 atom stereocenters. The molecule has 0 aromatic heterocycles. The van der Waals surface area contributed by atoms with E-state index in [9.17, 15) is 19.1 Å². The van der Waals surface area contributed by atoms with E-state index in [1.807, 2.05) is 54.6 Å². The van der Waals surface area contributed by atoms with E-state index in [1.165, 1.54) is 18.2 Å². The summed E-state index contributed by atoms with van der Waals surface area (Å²) in [6, 6.07) is 22.0. The standard InChI is InChI=1S/C28H29FN2O5/c29-21-6-4-5-20(15-21)28(34)31-25-14-13-24(36-26(25)18-32)16-27(33)30-17-19-9-11-23(12-10-19)35-22-7-2-1-3-8-22/h1-12,15,24-26,32H,13-14,16-18H2,(H,30,33)(H,31,34)/t24-,25+,26-/m0/s1. The van der Waals surface area contributed by atoms with Crippen LogP contribution in [0.2, 0.25) is 0 Å². The van der Waals surface area contributed by atoms with Crippen LogP contribution in [0.3, 0.4) is 0 Å². The minimum Gasteiger partial charge on any atom is -0.457 e. The Morgan fingerprint density at radius 3 is 2.44 bits per heavy atom. The van der Waals surface area contributed by atoms with Crippen molar-refractivity contribution in [1.29, 1.82) is 0 Å². The summed E-state index contributed by atoms with van der Waals surface area (Å²) in [4.78, 5) is 24.9. The van der Waals surface area contributed by atoms with Crippen LogP contribution in [-0.4, -0.2) is 41.8 Å². The first-order valence-electron chi connectivity index (χ1n) is 11.9. The zero-order valence-electron chi connectivity index (χ0n) is 19.7. The molecule has 0 spiro atoms. The largest absolute Gasteiger partial charge is 0.457 e. The number of aliphatic hydroxyl groups excluding tert-OH is 1. The van der Waals surface area contributed by atoms with E-state index in [0.29, 0.717) is 25.1 Å². The summed E-state index contributed by atoms with van der Waals surface area (Å²) in [5, 5.41) is 15.5. The van der Waals surface area contributed by atoms with E-state index in [-0.39, 0.29) is 30.6 Å². The second kappa shape index (κ2) is 12.3. The number of halogens is 1. The van der Waals surface area contributed by atoms with Crippen molar-refractivity contribution in [2.45, 2.75) is 44.1 Å². The minimum absolute atomic E-state index is 0.149. The summed E-state index contributed by atoms with van der Waals surface area (Å²) in [6.45, 7) is 0.0660. The van der Waals surface area contributed by atoms with Crippen molar-refractivity contribution < 1.29 is 28.6 Å². The van der Waals surface area contributed by atoms with Crippen LogP contribution in [0.5, 0.6) is 11.5 Å². The van der Waals surface area contributed by atoms with Gasteiger partial charge in [0.1, 0.15) is 23.4 Å². The number of hydrogen-bond donors (Lipinski definition) is 3. The molecule has 1 aliphatic rings. The van der Waals surface area contributed by atoms with Crippen LogP contribution in [0, 0.1) is 5.82 Å². The molecule has 1 saturated heterocycles. The molecule has 36 heavy (non-hydrogen) atoms. The predicted octanol–water partition coefficient (Wildman–Crippen LogP) is 3.96. The SMILES string of the molecule is O=C(C[C@@H]1CC[C@@H](NC(=O)c2cccc(F)c2)[C@H](CO)O1)NCc1ccc(Oc2ccccc2)cc1. The Hall–Kier alpha value is -3.75. The quantitative estimate of drug-likeness (QED) is 0.420. The summed E-state index contributed by atoms with van der Waals surface area (Å²) in [6.07, 6.45) is 0.213. The lowest BCUT2D eigenvalue weighted by Crippen LogP contribution is -2.51. The lowest BCUT2D eigenvalue weighted by atomic mass is 9.96. The van der Waals surface area contributed by atoms with Crippen LogP contribution in [0.25, 0.3) is 0 Å². The van der Waals surface area contributed by atoms with Gasteiger partial charge in [0, 0.05) is 12.1 Å². The normalized spacial score (nSPS) is 19.3. The third kappa shape index (κ3) is 7.13. The number of benzene rings is 3. The van der Waals surface area contributed by atoms with Crippen LogP contribution in [-0.2, 0) is 16.1 Å². The minimum atomic E-state index is -0.647. The molecule has 8 heteroatoms. The second-order valence-corrected chi connectivity index (χ2v) is 8.69. The maximum atomic E-state index is 13.4. The maximum Gasteiger partial charge on any atom is 0.251 e. The lowest BCUT2D eigenvalue weighted by Gasteiger charge is -2.36. The Balaban J connectivity index is 1.22. The molecule has 0 unspecified atom stereocenters. The molecule has 3 aromatic rings. The molecule has 1 fully saturated rings. The highest BCUT2D eigenvalue weighted by Gasteiger charge is 2.33. The molecule has 3 aromatic carbocycles. The zero-order chi connectivity index (χ0) is 25.3. The molecule has 4 rings (SSSR count). The summed E-state index contributed by atoms with van der Waals surface area (Å²) >= 11 is 0. The Morgan fingerprint density at radius 1 is 0.972 bits per heavy atom. The average Bonchev–Trinajstić information content (AvgIpc) is 2.89. The Kier molecular flexibility index (Phi) is 8.65. The number of amides is 2. The fourth-order valence-corrected chi connectivity index (χ4v) is 4.11. The van der Waals surface area contributed by atoms with Crippen LogP contribution in [0.1, 0.15) is 35.2 Å². The van der Waals surface area contributed by atoms with E-state index in [1.54, 1.807) is 0 Å². The lowest BCUT2D eigenvalue weighted by molar-refractivity contribution is -0.131. The molecule has 188 valence electrons. The van der Waals surface area contributed by atoms with E-state index >= 15 is 0 Å². The third-order valence-corrected chi connectivity index (χ3v) is 6.00. The van der Waals surface area contributed by atoms with E-state index in [2.05, 4.69) is 10.6 Å². The van der Waals surface area contributed by atoms with Crippen LogP contribution < -0.4 is 15.4 Å². The molecular formula is C28H29FN2O5. The number of hydrogen-bond acceptors (Lipinski definition) is 5. The molecule has 3 N–H and O–H groups in total. The monoisotopic (exact) mass is 492 g/mol. The molecule has 0 bridgehead atoms. The zero-order valence-corrected chi connectivity index (χ0v) is 19.7. The van der Waals surface area contributed by atoms with Crippen molar-refractivity contribution in [3.05, 3.63) is 95.8 Å². The third-order valence-electron chi connectivity index (χ3n) is 6.00.